The van der Waals surface area contributed by atoms with Crippen molar-refractivity contribution in [2.75, 3.05) is 16.8 Å². The van der Waals surface area contributed by atoms with Crippen molar-refractivity contribution in [3.8, 4) is 0 Å². The van der Waals surface area contributed by atoms with Gasteiger partial charge in [0.05, 0.1) is 11.4 Å². The number of anilines is 3. The van der Waals surface area contributed by atoms with Crippen LogP contribution in [-0.4, -0.2) is 27.6 Å². The largest absolute Gasteiger partial charge is 0.360 e. The maximum absolute atomic E-state index is 12.4. The zero-order valence-corrected chi connectivity index (χ0v) is 19.3. The molecule has 0 spiro atoms. The molecule has 6 nitrogen and oxygen atoms in total. The summed E-state index contributed by atoms with van der Waals surface area (Å²) in [5.74, 6) is 0.660. The number of unbranched alkanes of at least 4 members (excludes halogenated alkanes) is 1. The van der Waals surface area contributed by atoms with Gasteiger partial charge < -0.3 is 5.32 Å². The number of rotatable bonds is 10. The minimum absolute atomic E-state index is 0.0358. The molecule has 0 bridgehead atoms. The lowest BCUT2D eigenvalue weighted by Gasteiger charge is -2.20. The van der Waals surface area contributed by atoms with Gasteiger partial charge in [0.25, 0.3) is 0 Å². The predicted molar refractivity (Wildman–Crippen MR) is 124 cm³/mol. The van der Waals surface area contributed by atoms with Crippen LogP contribution in [0.5, 0.6) is 0 Å². The number of para-hydroxylation sites is 1. The molecule has 1 N–H and O–H groups in total. The van der Waals surface area contributed by atoms with Crippen molar-refractivity contribution < 1.29 is 4.79 Å². The molecule has 0 fully saturated rings. The number of hydrogen-bond acceptors (Lipinski definition) is 8. The van der Waals surface area contributed by atoms with Crippen LogP contribution in [0.2, 0.25) is 0 Å². The van der Waals surface area contributed by atoms with Gasteiger partial charge in [0, 0.05) is 24.6 Å². The summed E-state index contributed by atoms with van der Waals surface area (Å²) in [5, 5.41) is 15.3. The molecule has 0 aliphatic heterocycles. The molecule has 0 aliphatic rings. The molecule has 0 unspecified atom stereocenters. The lowest BCUT2D eigenvalue weighted by Crippen LogP contribution is -2.23. The van der Waals surface area contributed by atoms with E-state index in [0.717, 1.165) is 52.2 Å². The molecule has 2 aromatic heterocycles. The van der Waals surface area contributed by atoms with Crippen molar-refractivity contribution >= 4 is 56.3 Å². The second-order valence-corrected chi connectivity index (χ2v) is 9.44. The molecule has 1 aromatic carbocycles. The van der Waals surface area contributed by atoms with Crippen molar-refractivity contribution in [2.24, 2.45) is 0 Å². The van der Waals surface area contributed by atoms with E-state index in [9.17, 15) is 4.79 Å². The number of nitrogens with zero attached hydrogens (tertiary/aromatic N) is 4. The summed E-state index contributed by atoms with van der Waals surface area (Å²) < 4.78 is 0.915. The average Bonchev–Trinajstić information content (AvgIpc) is 3.36. The van der Waals surface area contributed by atoms with Gasteiger partial charge in [-0.2, -0.15) is 0 Å². The molecule has 9 heteroatoms. The lowest BCUT2D eigenvalue weighted by molar-refractivity contribution is -0.115. The highest BCUT2D eigenvalue weighted by molar-refractivity contribution is 8.00. The van der Waals surface area contributed by atoms with Gasteiger partial charge in [-0.3, -0.25) is 9.69 Å². The SMILES string of the molecule is CCCCNc1nnc(SCc2csc(N(C(C)=O)c3ccccc3CC)n2)s1. The molecule has 3 rings (SSSR count). The van der Waals surface area contributed by atoms with E-state index >= 15 is 0 Å². The Morgan fingerprint density at radius 2 is 2.07 bits per heavy atom. The van der Waals surface area contributed by atoms with E-state index in [-0.39, 0.29) is 5.91 Å². The molecule has 0 aliphatic carbocycles. The number of hydrogen-bond donors (Lipinski definition) is 1. The highest BCUT2D eigenvalue weighted by Crippen LogP contribution is 2.34. The summed E-state index contributed by atoms with van der Waals surface area (Å²) in [5.41, 5.74) is 2.97. The van der Waals surface area contributed by atoms with Crippen LogP contribution in [0.4, 0.5) is 16.0 Å². The van der Waals surface area contributed by atoms with Crippen molar-refractivity contribution in [3.05, 3.63) is 40.9 Å². The molecular formula is C20H25N5OS3. The molecule has 0 saturated carbocycles. The smallest absolute Gasteiger partial charge is 0.230 e. The van der Waals surface area contributed by atoms with Gasteiger partial charge in [-0.05, 0) is 24.5 Å². The van der Waals surface area contributed by atoms with Gasteiger partial charge in [0.2, 0.25) is 11.0 Å². The van der Waals surface area contributed by atoms with Crippen molar-refractivity contribution in [2.45, 2.75) is 50.1 Å². The molecule has 3 aromatic rings. The Balaban J connectivity index is 1.67. The fraction of sp³-hybridized carbons (Fsp3) is 0.400. The monoisotopic (exact) mass is 447 g/mol. The third-order valence-electron chi connectivity index (χ3n) is 4.22. The Labute approximate surface area is 183 Å². The lowest BCUT2D eigenvalue weighted by atomic mass is 10.1. The zero-order valence-electron chi connectivity index (χ0n) is 16.8. The van der Waals surface area contributed by atoms with E-state index < -0.39 is 0 Å². The molecule has 0 atom stereocenters. The third-order valence-corrected chi connectivity index (χ3v) is 7.14. The van der Waals surface area contributed by atoms with Crippen LogP contribution in [0.25, 0.3) is 0 Å². The van der Waals surface area contributed by atoms with E-state index in [2.05, 4.69) is 35.4 Å². The van der Waals surface area contributed by atoms with Gasteiger partial charge in [-0.25, -0.2) is 4.98 Å². The highest BCUT2D eigenvalue weighted by Gasteiger charge is 2.20. The molecule has 154 valence electrons. The Hall–Kier alpha value is -1.97. The predicted octanol–water partition coefficient (Wildman–Crippen LogP) is 5.75. The highest BCUT2D eigenvalue weighted by atomic mass is 32.2. The molecule has 2 heterocycles. The van der Waals surface area contributed by atoms with Crippen LogP contribution in [0.15, 0.2) is 34.0 Å². The van der Waals surface area contributed by atoms with E-state index in [1.54, 1.807) is 34.9 Å². The minimum atomic E-state index is -0.0358. The summed E-state index contributed by atoms with van der Waals surface area (Å²) >= 11 is 4.67. The Kier molecular flexibility index (Phi) is 8.02. The third kappa shape index (κ3) is 5.77. The van der Waals surface area contributed by atoms with Gasteiger partial charge in [-0.1, -0.05) is 61.6 Å². The number of amides is 1. The molecule has 1 amide bonds. The average molecular weight is 448 g/mol. The minimum Gasteiger partial charge on any atom is -0.360 e. The van der Waals surface area contributed by atoms with Gasteiger partial charge >= 0.3 is 0 Å². The normalized spacial score (nSPS) is 10.9. The fourth-order valence-corrected chi connectivity index (χ4v) is 5.40. The second kappa shape index (κ2) is 10.7. The molecular weight excluding hydrogens is 422 g/mol. The van der Waals surface area contributed by atoms with Crippen LogP contribution < -0.4 is 10.2 Å². The summed E-state index contributed by atoms with van der Waals surface area (Å²) in [6.07, 6.45) is 3.14. The molecule has 29 heavy (non-hydrogen) atoms. The van der Waals surface area contributed by atoms with Gasteiger partial charge in [0.15, 0.2) is 9.47 Å². The first-order chi connectivity index (χ1) is 14.1. The zero-order chi connectivity index (χ0) is 20.6. The number of thioether (sulfide) groups is 1. The van der Waals surface area contributed by atoms with Gasteiger partial charge in [-0.15, -0.1) is 21.5 Å². The maximum atomic E-state index is 12.4. The second-order valence-electron chi connectivity index (χ2n) is 6.40. The Bertz CT molecular complexity index is 940. The molecule has 0 radical (unpaired) electrons. The van der Waals surface area contributed by atoms with Crippen LogP contribution in [0.3, 0.4) is 0 Å². The fourth-order valence-electron chi connectivity index (χ4n) is 2.75. The number of carbonyl (C=O) groups excluding carboxylic acids is 1. The Morgan fingerprint density at radius 3 is 2.83 bits per heavy atom. The molecule has 0 saturated heterocycles. The topological polar surface area (TPSA) is 71.0 Å². The van der Waals surface area contributed by atoms with Crippen molar-refractivity contribution in [1.29, 1.82) is 0 Å². The van der Waals surface area contributed by atoms with Crippen LogP contribution in [-0.2, 0) is 17.0 Å². The number of aryl methyl sites for hydroxylation is 1. The standard InChI is InChI=1S/C20H25N5OS3/c1-4-6-11-21-18-23-24-20(29-18)28-13-16-12-27-19(22-16)25(14(3)26)17-10-8-7-9-15(17)5-2/h7-10,12H,4-6,11,13H2,1-3H3,(H,21,23). The quantitative estimate of drug-likeness (QED) is 0.315. The van der Waals surface area contributed by atoms with Gasteiger partial charge in [0.1, 0.15) is 0 Å². The first-order valence-electron chi connectivity index (χ1n) is 9.65. The summed E-state index contributed by atoms with van der Waals surface area (Å²) in [4.78, 5) is 18.8. The first kappa shape index (κ1) is 21.7. The van der Waals surface area contributed by atoms with Crippen LogP contribution in [0.1, 0.15) is 44.9 Å². The van der Waals surface area contributed by atoms with E-state index in [4.69, 9.17) is 4.98 Å². The maximum Gasteiger partial charge on any atom is 0.230 e. The summed E-state index contributed by atoms with van der Waals surface area (Å²) in [6, 6.07) is 7.98. The number of carbonyl (C=O) groups is 1. The van der Waals surface area contributed by atoms with Crippen LogP contribution >= 0.6 is 34.4 Å². The van der Waals surface area contributed by atoms with Crippen molar-refractivity contribution in [3.63, 3.8) is 0 Å². The number of nitrogens with one attached hydrogen (secondary N) is 1. The Morgan fingerprint density at radius 1 is 1.24 bits per heavy atom. The van der Waals surface area contributed by atoms with E-state index in [0.29, 0.717) is 10.9 Å². The van der Waals surface area contributed by atoms with E-state index in [1.807, 2.05) is 23.6 Å². The first-order valence-corrected chi connectivity index (χ1v) is 12.3. The summed E-state index contributed by atoms with van der Waals surface area (Å²) in [6.45, 7) is 6.76. The van der Waals surface area contributed by atoms with Crippen molar-refractivity contribution in [1.82, 2.24) is 15.2 Å². The van der Waals surface area contributed by atoms with E-state index in [1.165, 1.54) is 11.3 Å². The van der Waals surface area contributed by atoms with Crippen LogP contribution in [0, 0.1) is 0 Å². The summed E-state index contributed by atoms with van der Waals surface area (Å²) in [7, 11) is 0. The number of benzene rings is 1. The number of aromatic nitrogens is 3. The number of thiazole rings is 1.